The van der Waals surface area contributed by atoms with Crippen LogP contribution >= 0.6 is 0 Å². The summed E-state index contributed by atoms with van der Waals surface area (Å²) in [5.74, 6) is -0.353. The summed E-state index contributed by atoms with van der Waals surface area (Å²) in [6.07, 6.45) is 4.77. The van der Waals surface area contributed by atoms with Crippen LogP contribution in [0.1, 0.15) is 19.9 Å². The van der Waals surface area contributed by atoms with Crippen LogP contribution in [0.5, 0.6) is 0 Å². The summed E-state index contributed by atoms with van der Waals surface area (Å²) in [6.45, 7) is 3.92. The van der Waals surface area contributed by atoms with Gasteiger partial charge in [0.05, 0.1) is 6.20 Å². The first-order valence-electron chi connectivity index (χ1n) is 8.23. The number of hydrogen-bond donors (Lipinski definition) is 0. The summed E-state index contributed by atoms with van der Waals surface area (Å²) in [6, 6.07) is 9.57. The lowest BCUT2D eigenvalue weighted by molar-refractivity contribution is -0.177. The van der Waals surface area contributed by atoms with Gasteiger partial charge in [-0.2, -0.15) is 0 Å². The predicted octanol–water partition coefficient (Wildman–Crippen LogP) is 2.37. The van der Waals surface area contributed by atoms with Gasteiger partial charge in [0, 0.05) is 19.1 Å². The third-order valence-electron chi connectivity index (χ3n) is 3.82. The monoisotopic (exact) mass is 343 g/mol. The van der Waals surface area contributed by atoms with E-state index in [9.17, 15) is 4.79 Å². The second kappa shape index (κ2) is 8.04. The maximum Gasteiger partial charge on any atom is 0.302 e. The minimum absolute atomic E-state index is 0.119. The highest BCUT2D eigenvalue weighted by Gasteiger charge is 2.31. The number of esters is 1. The molecule has 0 fully saturated rings. The van der Waals surface area contributed by atoms with E-state index in [4.69, 9.17) is 14.2 Å². The Balaban J connectivity index is 1.81. The molecule has 0 unspecified atom stereocenters. The van der Waals surface area contributed by atoms with Gasteiger partial charge in [-0.1, -0.05) is 41.6 Å². The number of ether oxygens (including phenoxy) is 3. The van der Waals surface area contributed by atoms with E-state index in [2.05, 4.69) is 10.3 Å². The first-order valence-corrected chi connectivity index (χ1v) is 8.23. The van der Waals surface area contributed by atoms with Gasteiger partial charge < -0.3 is 14.2 Å². The van der Waals surface area contributed by atoms with Crippen LogP contribution in [0.2, 0.25) is 0 Å². The molecule has 132 valence electrons. The average molecular weight is 343 g/mol. The highest BCUT2D eigenvalue weighted by molar-refractivity contribution is 5.65. The summed E-state index contributed by atoms with van der Waals surface area (Å²) >= 11 is 0. The molecule has 1 aromatic carbocycles. The lowest BCUT2D eigenvalue weighted by Crippen LogP contribution is -2.38. The molecule has 0 radical (unpaired) electrons. The Morgan fingerprint density at radius 2 is 2.08 bits per heavy atom. The molecule has 1 aliphatic rings. The largest absolute Gasteiger partial charge is 0.463 e. The number of carbonyl (C=O) groups excluding carboxylic acids is 1. The van der Waals surface area contributed by atoms with Crippen LogP contribution in [0.15, 0.2) is 48.7 Å². The smallest absolute Gasteiger partial charge is 0.302 e. The van der Waals surface area contributed by atoms with Crippen molar-refractivity contribution in [3.05, 3.63) is 48.7 Å². The SMILES string of the molecule is CCO[C@@H]1C=C[C@H](n2cc(-c3ccccc3)nn2)[C@@H](COC(C)=O)O1. The third kappa shape index (κ3) is 4.32. The number of rotatable bonds is 6. The van der Waals surface area contributed by atoms with Crippen molar-refractivity contribution in [2.24, 2.45) is 0 Å². The van der Waals surface area contributed by atoms with E-state index in [1.54, 1.807) is 4.68 Å². The Kier molecular flexibility index (Phi) is 5.57. The van der Waals surface area contributed by atoms with Crippen molar-refractivity contribution in [1.29, 1.82) is 0 Å². The van der Waals surface area contributed by atoms with Gasteiger partial charge in [0.25, 0.3) is 0 Å². The van der Waals surface area contributed by atoms with E-state index in [1.165, 1.54) is 6.92 Å². The molecule has 7 nitrogen and oxygen atoms in total. The number of benzene rings is 1. The fourth-order valence-electron chi connectivity index (χ4n) is 2.65. The van der Waals surface area contributed by atoms with Gasteiger partial charge in [-0.25, -0.2) is 4.68 Å². The molecule has 2 heterocycles. The van der Waals surface area contributed by atoms with Crippen molar-refractivity contribution in [2.45, 2.75) is 32.3 Å². The summed E-state index contributed by atoms with van der Waals surface area (Å²) in [5, 5.41) is 8.45. The highest BCUT2D eigenvalue weighted by atomic mass is 16.7. The quantitative estimate of drug-likeness (QED) is 0.592. The van der Waals surface area contributed by atoms with Gasteiger partial charge in [-0.3, -0.25) is 4.79 Å². The molecule has 3 atom stereocenters. The van der Waals surface area contributed by atoms with Gasteiger partial charge in [0.1, 0.15) is 24.4 Å². The van der Waals surface area contributed by atoms with Crippen molar-refractivity contribution in [2.75, 3.05) is 13.2 Å². The summed E-state index contributed by atoms with van der Waals surface area (Å²) < 4.78 is 18.2. The maximum atomic E-state index is 11.2. The van der Waals surface area contributed by atoms with Gasteiger partial charge in [-0.05, 0) is 13.0 Å². The van der Waals surface area contributed by atoms with E-state index in [0.29, 0.717) is 6.61 Å². The second-order valence-electron chi connectivity index (χ2n) is 5.63. The topological polar surface area (TPSA) is 75.5 Å². The first-order chi connectivity index (χ1) is 12.2. The van der Waals surface area contributed by atoms with E-state index in [0.717, 1.165) is 11.3 Å². The second-order valence-corrected chi connectivity index (χ2v) is 5.63. The molecular weight excluding hydrogens is 322 g/mol. The van der Waals surface area contributed by atoms with Gasteiger partial charge in [0.15, 0.2) is 6.29 Å². The Bertz CT molecular complexity index is 729. The Morgan fingerprint density at radius 1 is 1.28 bits per heavy atom. The molecule has 0 bridgehead atoms. The summed E-state index contributed by atoms with van der Waals surface area (Å²) in [4.78, 5) is 11.2. The van der Waals surface area contributed by atoms with Crippen molar-refractivity contribution < 1.29 is 19.0 Å². The molecule has 2 aromatic rings. The lowest BCUT2D eigenvalue weighted by Gasteiger charge is -2.31. The molecule has 0 saturated heterocycles. The molecule has 0 spiro atoms. The fourth-order valence-corrected chi connectivity index (χ4v) is 2.65. The molecule has 7 heteroatoms. The molecule has 1 aliphatic heterocycles. The van der Waals surface area contributed by atoms with Gasteiger partial charge in [-0.15, -0.1) is 5.10 Å². The number of aromatic nitrogens is 3. The van der Waals surface area contributed by atoms with Crippen LogP contribution in [0.4, 0.5) is 0 Å². The first kappa shape index (κ1) is 17.3. The molecule has 0 aliphatic carbocycles. The molecule has 1 aromatic heterocycles. The van der Waals surface area contributed by atoms with E-state index in [-0.39, 0.29) is 18.6 Å². The standard InChI is InChI=1S/C18H21N3O4/c1-3-23-18-10-9-16(17(25-18)12-24-13(2)22)21-11-15(19-20-21)14-7-5-4-6-8-14/h4-11,16-18H,3,12H2,1-2H3/t16-,17+,18-/m0/s1. The lowest BCUT2D eigenvalue weighted by atomic mass is 10.1. The predicted molar refractivity (Wildman–Crippen MR) is 90.6 cm³/mol. The molecule has 0 saturated carbocycles. The van der Waals surface area contributed by atoms with Gasteiger partial charge >= 0.3 is 5.97 Å². The third-order valence-corrected chi connectivity index (χ3v) is 3.82. The van der Waals surface area contributed by atoms with Crippen molar-refractivity contribution >= 4 is 5.97 Å². The fraction of sp³-hybridized carbons (Fsp3) is 0.389. The van der Waals surface area contributed by atoms with Gasteiger partial charge in [0.2, 0.25) is 0 Å². The molecule has 0 N–H and O–H groups in total. The Labute approximate surface area is 146 Å². The zero-order chi connectivity index (χ0) is 17.6. The van der Waals surface area contributed by atoms with Crippen LogP contribution in [0.3, 0.4) is 0 Å². The number of carbonyl (C=O) groups is 1. The average Bonchev–Trinajstić information content (AvgIpc) is 3.11. The Hall–Kier alpha value is -2.51. The van der Waals surface area contributed by atoms with Crippen molar-refractivity contribution in [3.63, 3.8) is 0 Å². The van der Waals surface area contributed by atoms with Crippen LogP contribution in [0.25, 0.3) is 11.3 Å². The van der Waals surface area contributed by atoms with Crippen molar-refractivity contribution in [3.8, 4) is 11.3 Å². The van der Waals surface area contributed by atoms with E-state index >= 15 is 0 Å². The highest BCUT2D eigenvalue weighted by Crippen LogP contribution is 2.26. The maximum absolute atomic E-state index is 11.2. The van der Waals surface area contributed by atoms with Crippen molar-refractivity contribution in [1.82, 2.24) is 15.0 Å². The summed E-state index contributed by atoms with van der Waals surface area (Å²) in [5.41, 5.74) is 1.75. The molecule has 0 amide bonds. The normalized spacial score (nSPS) is 22.7. The van der Waals surface area contributed by atoms with Crippen LogP contribution in [0, 0.1) is 0 Å². The zero-order valence-electron chi connectivity index (χ0n) is 14.2. The number of nitrogens with zero attached hydrogens (tertiary/aromatic N) is 3. The number of hydrogen-bond acceptors (Lipinski definition) is 6. The zero-order valence-corrected chi connectivity index (χ0v) is 14.2. The molecule has 3 rings (SSSR count). The molecular formula is C18H21N3O4. The Morgan fingerprint density at radius 3 is 2.80 bits per heavy atom. The van der Waals surface area contributed by atoms with E-state index in [1.807, 2.05) is 55.6 Å². The summed E-state index contributed by atoms with van der Waals surface area (Å²) in [7, 11) is 0. The molecule has 25 heavy (non-hydrogen) atoms. The minimum Gasteiger partial charge on any atom is -0.463 e. The van der Waals surface area contributed by atoms with Crippen LogP contribution < -0.4 is 0 Å². The van der Waals surface area contributed by atoms with Crippen LogP contribution in [-0.4, -0.2) is 46.6 Å². The van der Waals surface area contributed by atoms with Crippen LogP contribution in [-0.2, 0) is 19.0 Å². The van der Waals surface area contributed by atoms with E-state index < -0.39 is 12.4 Å². The minimum atomic E-state index is -0.459.